The normalized spacial score (nSPS) is 11.7. The van der Waals surface area contributed by atoms with Crippen molar-refractivity contribution in [3.63, 3.8) is 0 Å². The SMILES string of the molecule is O=C(COC(=O)CNC(=O)c1ccc2c(c1)OCO2)Nc1ccon1. The van der Waals surface area contributed by atoms with Gasteiger partial charge < -0.3 is 29.4 Å². The van der Waals surface area contributed by atoms with Crippen molar-refractivity contribution in [2.24, 2.45) is 0 Å². The number of amides is 2. The molecule has 1 aromatic heterocycles. The highest BCUT2D eigenvalue weighted by molar-refractivity contribution is 5.97. The van der Waals surface area contributed by atoms with Gasteiger partial charge in [-0.2, -0.15) is 0 Å². The van der Waals surface area contributed by atoms with Crippen molar-refractivity contribution in [1.29, 1.82) is 0 Å². The molecule has 2 N–H and O–H groups in total. The molecule has 1 aliphatic heterocycles. The Balaban J connectivity index is 1.41. The van der Waals surface area contributed by atoms with Crippen LogP contribution in [0.2, 0.25) is 0 Å². The number of fused-ring (bicyclic) bond motifs is 1. The van der Waals surface area contributed by atoms with Gasteiger partial charge in [0.15, 0.2) is 23.9 Å². The zero-order valence-corrected chi connectivity index (χ0v) is 12.8. The summed E-state index contributed by atoms with van der Waals surface area (Å²) >= 11 is 0. The maximum atomic E-state index is 12.0. The number of esters is 1. The van der Waals surface area contributed by atoms with E-state index >= 15 is 0 Å². The maximum absolute atomic E-state index is 12.0. The third kappa shape index (κ3) is 4.25. The lowest BCUT2D eigenvalue weighted by atomic mass is 10.2. The van der Waals surface area contributed by atoms with E-state index in [0.717, 1.165) is 0 Å². The molecule has 1 aliphatic rings. The molecule has 3 rings (SSSR count). The van der Waals surface area contributed by atoms with Crippen molar-refractivity contribution in [2.45, 2.75) is 0 Å². The van der Waals surface area contributed by atoms with Gasteiger partial charge in [-0.05, 0) is 18.2 Å². The van der Waals surface area contributed by atoms with Gasteiger partial charge in [0.2, 0.25) is 6.79 Å². The van der Waals surface area contributed by atoms with Crippen LogP contribution in [0.25, 0.3) is 0 Å². The minimum absolute atomic E-state index is 0.100. The van der Waals surface area contributed by atoms with Crippen molar-refractivity contribution in [1.82, 2.24) is 10.5 Å². The fourth-order valence-electron chi connectivity index (χ4n) is 1.95. The van der Waals surface area contributed by atoms with E-state index in [1.807, 2.05) is 0 Å². The first kappa shape index (κ1) is 16.3. The molecule has 25 heavy (non-hydrogen) atoms. The number of nitrogens with zero attached hydrogens (tertiary/aromatic N) is 1. The molecule has 0 unspecified atom stereocenters. The molecule has 0 saturated heterocycles. The summed E-state index contributed by atoms with van der Waals surface area (Å²) in [6, 6.07) is 6.09. The highest BCUT2D eigenvalue weighted by atomic mass is 16.7. The van der Waals surface area contributed by atoms with Gasteiger partial charge in [0.05, 0.1) is 0 Å². The predicted octanol–water partition coefficient (Wildman–Crippen LogP) is 0.315. The quantitative estimate of drug-likeness (QED) is 0.715. The second-order valence-electron chi connectivity index (χ2n) is 4.84. The Morgan fingerprint density at radius 2 is 2.00 bits per heavy atom. The number of carbonyl (C=O) groups is 3. The number of aromatic nitrogens is 1. The van der Waals surface area contributed by atoms with E-state index < -0.39 is 24.4 Å². The molecular formula is C15H13N3O7. The number of ether oxygens (including phenoxy) is 3. The topological polar surface area (TPSA) is 129 Å². The Labute approximate surface area is 141 Å². The average Bonchev–Trinajstić information content (AvgIpc) is 3.28. The van der Waals surface area contributed by atoms with Crippen LogP contribution in [-0.4, -0.2) is 42.9 Å². The second-order valence-corrected chi connectivity index (χ2v) is 4.84. The molecular weight excluding hydrogens is 334 g/mol. The van der Waals surface area contributed by atoms with Crippen molar-refractivity contribution in [3.8, 4) is 11.5 Å². The van der Waals surface area contributed by atoms with Gasteiger partial charge in [0.25, 0.3) is 11.8 Å². The van der Waals surface area contributed by atoms with E-state index in [2.05, 4.69) is 20.3 Å². The van der Waals surface area contributed by atoms with Crippen LogP contribution in [0.3, 0.4) is 0 Å². The number of benzene rings is 1. The summed E-state index contributed by atoms with van der Waals surface area (Å²) in [5.74, 6) is -0.609. The Bertz CT molecular complexity index is 788. The minimum Gasteiger partial charge on any atom is -0.454 e. The smallest absolute Gasteiger partial charge is 0.325 e. The Morgan fingerprint density at radius 1 is 1.16 bits per heavy atom. The summed E-state index contributed by atoms with van der Waals surface area (Å²) in [5.41, 5.74) is 0.306. The monoisotopic (exact) mass is 347 g/mol. The maximum Gasteiger partial charge on any atom is 0.325 e. The van der Waals surface area contributed by atoms with Crippen LogP contribution in [0.1, 0.15) is 10.4 Å². The van der Waals surface area contributed by atoms with Crippen LogP contribution >= 0.6 is 0 Å². The summed E-state index contributed by atoms with van der Waals surface area (Å²) in [6.07, 6.45) is 1.29. The number of hydrogen-bond acceptors (Lipinski definition) is 8. The summed E-state index contributed by atoms with van der Waals surface area (Å²) in [7, 11) is 0. The molecule has 1 aromatic carbocycles. The molecule has 0 fully saturated rings. The van der Waals surface area contributed by atoms with E-state index in [9.17, 15) is 14.4 Å². The van der Waals surface area contributed by atoms with Crippen molar-refractivity contribution in [3.05, 3.63) is 36.1 Å². The predicted molar refractivity (Wildman–Crippen MR) is 81.0 cm³/mol. The summed E-state index contributed by atoms with van der Waals surface area (Å²) < 4.78 is 19.6. The van der Waals surface area contributed by atoms with E-state index in [4.69, 9.17) is 14.2 Å². The number of hydrogen-bond donors (Lipinski definition) is 2. The number of rotatable bonds is 6. The lowest BCUT2D eigenvalue weighted by Crippen LogP contribution is -2.32. The Kier molecular flexibility index (Phi) is 4.79. The van der Waals surface area contributed by atoms with E-state index in [1.165, 1.54) is 18.4 Å². The number of carbonyl (C=O) groups excluding carboxylic acids is 3. The van der Waals surface area contributed by atoms with Crippen molar-refractivity contribution < 1.29 is 33.1 Å². The zero-order valence-electron chi connectivity index (χ0n) is 12.8. The standard InChI is InChI=1S/C15H13N3O7/c19-13(17-12-3-4-25-18-12)7-22-14(20)6-16-15(21)9-1-2-10-11(5-9)24-8-23-10/h1-5H,6-8H2,(H,16,21)(H,17,18,19). The van der Waals surface area contributed by atoms with E-state index in [0.29, 0.717) is 17.1 Å². The van der Waals surface area contributed by atoms with Gasteiger partial charge in [-0.1, -0.05) is 5.16 Å². The van der Waals surface area contributed by atoms with Crippen LogP contribution < -0.4 is 20.1 Å². The van der Waals surface area contributed by atoms with Crippen molar-refractivity contribution >= 4 is 23.6 Å². The van der Waals surface area contributed by atoms with Gasteiger partial charge in [0, 0.05) is 11.6 Å². The lowest BCUT2D eigenvalue weighted by Gasteiger charge is -2.07. The van der Waals surface area contributed by atoms with Gasteiger partial charge in [0.1, 0.15) is 12.8 Å². The molecule has 0 atom stereocenters. The lowest BCUT2D eigenvalue weighted by molar-refractivity contribution is -0.146. The zero-order chi connectivity index (χ0) is 17.6. The van der Waals surface area contributed by atoms with Gasteiger partial charge in [-0.25, -0.2) is 0 Å². The highest BCUT2D eigenvalue weighted by Crippen LogP contribution is 2.32. The van der Waals surface area contributed by atoms with Crippen molar-refractivity contribution in [2.75, 3.05) is 25.3 Å². The summed E-state index contributed by atoms with van der Waals surface area (Å²) in [6.45, 7) is -0.792. The minimum atomic E-state index is -0.760. The fraction of sp³-hybridized carbons (Fsp3) is 0.200. The molecule has 2 amide bonds. The number of nitrogens with one attached hydrogen (secondary N) is 2. The summed E-state index contributed by atoms with van der Waals surface area (Å²) in [5, 5.41) is 8.23. The molecule has 130 valence electrons. The van der Waals surface area contributed by atoms with Crippen LogP contribution in [0.4, 0.5) is 5.82 Å². The number of anilines is 1. The molecule has 0 bridgehead atoms. The third-order valence-corrected chi connectivity index (χ3v) is 3.10. The first-order chi connectivity index (χ1) is 12.1. The fourth-order valence-corrected chi connectivity index (χ4v) is 1.95. The van der Waals surface area contributed by atoms with Crippen LogP contribution in [0.15, 0.2) is 35.1 Å². The summed E-state index contributed by atoms with van der Waals surface area (Å²) in [4.78, 5) is 35.1. The van der Waals surface area contributed by atoms with Crippen LogP contribution in [-0.2, 0) is 14.3 Å². The molecule has 0 radical (unpaired) electrons. The second kappa shape index (κ2) is 7.34. The van der Waals surface area contributed by atoms with Crippen LogP contribution in [0.5, 0.6) is 11.5 Å². The molecule has 10 heteroatoms. The molecule has 0 spiro atoms. The van der Waals surface area contributed by atoms with Gasteiger partial charge in [-0.15, -0.1) is 0 Å². The molecule has 2 aromatic rings. The average molecular weight is 347 g/mol. The Hall–Kier alpha value is -3.56. The first-order valence-corrected chi connectivity index (χ1v) is 7.15. The molecule has 10 nitrogen and oxygen atoms in total. The third-order valence-electron chi connectivity index (χ3n) is 3.10. The van der Waals surface area contributed by atoms with Crippen LogP contribution in [0, 0.1) is 0 Å². The highest BCUT2D eigenvalue weighted by Gasteiger charge is 2.17. The molecule has 2 heterocycles. The molecule has 0 saturated carbocycles. The molecule has 0 aliphatic carbocycles. The van der Waals surface area contributed by atoms with E-state index in [-0.39, 0.29) is 19.2 Å². The largest absolute Gasteiger partial charge is 0.454 e. The first-order valence-electron chi connectivity index (χ1n) is 7.15. The van der Waals surface area contributed by atoms with E-state index in [1.54, 1.807) is 12.1 Å². The van der Waals surface area contributed by atoms with Gasteiger partial charge in [-0.3, -0.25) is 14.4 Å². The van der Waals surface area contributed by atoms with Gasteiger partial charge >= 0.3 is 5.97 Å². The Morgan fingerprint density at radius 3 is 2.80 bits per heavy atom.